The molecule has 0 aliphatic carbocycles. The lowest BCUT2D eigenvalue weighted by molar-refractivity contribution is -0.117. The zero-order valence-electron chi connectivity index (χ0n) is 17.6. The monoisotopic (exact) mass is 407 g/mol. The van der Waals surface area contributed by atoms with Crippen molar-refractivity contribution in [3.63, 3.8) is 0 Å². The number of fused-ring (bicyclic) bond motifs is 1. The number of aromatic nitrogens is 1. The number of methoxy groups -OCH3 is 2. The molecule has 0 bridgehead atoms. The number of ether oxygens (including phenoxy) is 2. The summed E-state index contributed by atoms with van der Waals surface area (Å²) in [5.41, 5.74) is 3.58. The van der Waals surface area contributed by atoms with Crippen LogP contribution in [0.4, 0.5) is 11.4 Å². The maximum atomic E-state index is 13.5. The van der Waals surface area contributed by atoms with Gasteiger partial charge in [0, 0.05) is 31.5 Å². The van der Waals surface area contributed by atoms with Gasteiger partial charge in [-0.2, -0.15) is 0 Å². The van der Waals surface area contributed by atoms with Crippen molar-refractivity contribution in [2.75, 3.05) is 31.0 Å². The highest BCUT2D eigenvalue weighted by Crippen LogP contribution is 2.37. The van der Waals surface area contributed by atoms with Gasteiger partial charge < -0.3 is 24.3 Å². The van der Waals surface area contributed by atoms with Crippen LogP contribution in [0.25, 0.3) is 10.9 Å². The van der Waals surface area contributed by atoms with E-state index >= 15 is 0 Å². The number of carbonyl (C=O) groups is 2. The Balaban J connectivity index is 1.85. The van der Waals surface area contributed by atoms with E-state index in [1.807, 2.05) is 36.7 Å². The number of anilines is 2. The van der Waals surface area contributed by atoms with Gasteiger partial charge in [-0.05, 0) is 37.6 Å². The topological polar surface area (TPSA) is 72.8 Å². The Labute approximate surface area is 175 Å². The molecule has 2 aromatic carbocycles. The largest absolute Gasteiger partial charge is 0.497 e. The molecule has 1 N–H and O–H groups in total. The van der Waals surface area contributed by atoms with Gasteiger partial charge in [0.15, 0.2) is 0 Å². The molecule has 0 spiro atoms. The minimum absolute atomic E-state index is 0.0389. The molecule has 30 heavy (non-hydrogen) atoms. The first-order chi connectivity index (χ1) is 14.4. The minimum atomic E-state index is -0.312. The van der Waals surface area contributed by atoms with Crippen molar-refractivity contribution in [2.24, 2.45) is 7.05 Å². The van der Waals surface area contributed by atoms with Crippen molar-refractivity contribution in [1.82, 2.24) is 4.57 Å². The van der Waals surface area contributed by atoms with Crippen LogP contribution >= 0.6 is 0 Å². The van der Waals surface area contributed by atoms with Crippen molar-refractivity contribution >= 4 is 34.1 Å². The second-order valence-corrected chi connectivity index (χ2v) is 7.45. The Morgan fingerprint density at radius 3 is 2.57 bits per heavy atom. The van der Waals surface area contributed by atoms with E-state index in [0.717, 1.165) is 22.9 Å². The highest BCUT2D eigenvalue weighted by molar-refractivity contribution is 6.17. The number of hydrogen-bond donors (Lipinski definition) is 1. The van der Waals surface area contributed by atoms with Crippen molar-refractivity contribution in [3.05, 3.63) is 47.7 Å². The van der Waals surface area contributed by atoms with E-state index in [1.54, 1.807) is 37.3 Å². The van der Waals surface area contributed by atoms with Crippen LogP contribution in [-0.4, -0.2) is 37.1 Å². The van der Waals surface area contributed by atoms with Crippen LogP contribution in [0.5, 0.6) is 11.5 Å². The van der Waals surface area contributed by atoms with Crippen LogP contribution < -0.4 is 19.7 Å². The molecular formula is C23H25N3O4. The molecule has 0 atom stereocenters. The number of rotatable bonds is 5. The lowest BCUT2D eigenvalue weighted by Crippen LogP contribution is -2.27. The van der Waals surface area contributed by atoms with Gasteiger partial charge in [0.1, 0.15) is 17.2 Å². The Bertz CT molecular complexity index is 1150. The van der Waals surface area contributed by atoms with Crippen LogP contribution in [0.15, 0.2) is 36.4 Å². The third kappa shape index (κ3) is 3.26. The average Bonchev–Trinajstić information content (AvgIpc) is 3.27. The smallest absolute Gasteiger partial charge is 0.274 e. The molecule has 2 amide bonds. The van der Waals surface area contributed by atoms with Crippen molar-refractivity contribution in [1.29, 1.82) is 0 Å². The highest BCUT2D eigenvalue weighted by atomic mass is 16.5. The summed E-state index contributed by atoms with van der Waals surface area (Å²) in [6.07, 6.45) is 1.28. The van der Waals surface area contributed by atoms with Gasteiger partial charge in [-0.15, -0.1) is 0 Å². The summed E-state index contributed by atoms with van der Waals surface area (Å²) >= 11 is 0. The third-order valence-electron chi connectivity index (χ3n) is 5.54. The molecular weight excluding hydrogens is 382 g/mol. The standard InChI is InChI=1S/C23H25N3O4/c1-14-7-9-18-16(12-14)21(26-11-5-6-20(26)27)22(25(18)2)23(28)24-17-13-15(29-3)8-10-19(17)30-4/h7-10,12-13H,5-6,11H2,1-4H3,(H,24,28). The second-order valence-electron chi connectivity index (χ2n) is 7.45. The fourth-order valence-corrected chi connectivity index (χ4v) is 4.05. The average molecular weight is 407 g/mol. The predicted molar refractivity (Wildman–Crippen MR) is 117 cm³/mol. The summed E-state index contributed by atoms with van der Waals surface area (Å²) in [5.74, 6) is 0.857. The summed E-state index contributed by atoms with van der Waals surface area (Å²) in [6.45, 7) is 2.61. The zero-order valence-corrected chi connectivity index (χ0v) is 17.6. The molecule has 0 saturated carbocycles. The fraction of sp³-hybridized carbons (Fsp3) is 0.304. The Kier molecular flexibility index (Phi) is 5.11. The van der Waals surface area contributed by atoms with E-state index in [0.29, 0.717) is 41.5 Å². The number of benzene rings is 2. The van der Waals surface area contributed by atoms with Gasteiger partial charge in [0.05, 0.1) is 31.1 Å². The summed E-state index contributed by atoms with van der Waals surface area (Å²) < 4.78 is 12.5. The van der Waals surface area contributed by atoms with E-state index < -0.39 is 0 Å². The molecule has 0 radical (unpaired) electrons. The van der Waals surface area contributed by atoms with Gasteiger partial charge in [0.25, 0.3) is 5.91 Å². The van der Waals surface area contributed by atoms with Crippen molar-refractivity contribution in [2.45, 2.75) is 19.8 Å². The van der Waals surface area contributed by atoms with Gasteiger partial charge in [-0.25, -0.2) is 0 Å². The number of nitrogens with one attached hydrogen (secondary N) is 1. The van der Waals surface area contributed by atoms with E-state index in [4.69, 9.17) is 9.47 Å². The van der Waals surface area contributed by atoms with E-state index in [9.17, 15) is 9.59 Å². The molecule has 7 nitrogen and oxygen atoms in total. The van der Waals surface area contributed by atoms with Crippen molar-refractivity contribution in [3.8, 4) is 11.5 Å². The molecule has 156 valence electrons. The summed E-state index contributed by atoms with van der Waals surface area (Å²) in [5, 5.41) is 3.84. The lowest BCUT2D eigenvalue weighted by Gasteiger charge is -2.18. The first kappa shape index (κ1) is 19.8. The van der Waals surface area contributed by atoms with Crippen LogP contribution in [0.3, 0.4) is 0 Å². The minimum Gasteiger partial charge on any atom is -0.497 e. The summed E-state index contributed by atoms with van der Waals surface area (Å²) in [7, 11) is 4.96. The molecule has 1 aliphatic heterocycles. The molecule has 4 rings (SSSR count). The number of hydrogen-bond acceptors (Lipinski definition) is 4. The van der Waals surface area contributed by atoms with Crippen LogP contribution in [-0.2, 0) is 11.8 Å². The summed E-state index contributed by atoms with van der Waals surface area (Å²) in [4.78, 5) is 27.8. The normalized spacial score (nSPS) is 13.7. The SMILES string of the molecule is COc1ccc(OC)c(NC(=O)c2c(N3CCCC3=O)c3cc(C)ccc3n2C)c1. The van der Waals surface area contributed by atoms with Crippen LogP contribution in [0.2, 0.25) is 0 Å². The van der Waals surface area contributed by atoms with Crippen molar-refractivity contribution < 1.29 is 19.1 Å². The van der Waals surface area contributed by atoms with E-state index in [-0.39, 0.29) is 11.8 Å². The molecule has 1 saturated heterocycles. The molecule has 2 heterocycles. The first-order valence-corrected chi connectivity index (χ1v) is 9.87. The van der Waals surface area contributed by atoms with Gasteiger partial charge >= 0.3 is 0 Å². The third-order valence-corrected chi connectivity index (χ3v) is 5.54. The molecule has 1 aliphatic rings. The van der Waals surface area contributed by atoms with Gasteiger partial charge in [-0.1, -0.05) is 11.6 Å². The molecule has 1 fully saturated rings. The molecule has 1 aromatic heterocycles. The quantitative estimate of drug-likeness (QED) is 0.697. The van der Waals surface area contributed by atoms with Crippen LogP contribution in [0, 0.1) is 6.92 Å². The Morgan fingerprint density at radius 2 is 1.90 bits per heavy atom. The summed E-state index contributed by atoms with van der Waals surface area (Å²) in [6, 6.07) is 11.2. The predicted octanol–water partition coefficient (Wildman–Crippen LogP) is 3.88. The highest BCUT2D eigenvalue weighted by Gasteiger charge is 2.31. The molecule has 3 aromatic rings. The number of carbonyl (C=O) groups excluding carboxylic acids is 2. The Morgan fingerprint density at radius 1 is 1.10 bits per heavy atom. The first-order valence-electron chi connectivity index (χ1n) is 9.87. The lowest BCUT2D eigenvalue weighted by atomic mass is 10.1. The number of amides is 2. The number of aryl methyl sites for hydroxylation is 2. The maximum absolute atomic E-state index is 13.5. The van der Waals surface area contributed by atoms with Gasteiger partial charge in [0.2, 0.25) is 5.91 Å². The Hall–Kier alpha value is -3.48. The molecule has 0 unspecified atom stereocenters. The van der Waals surface area contributed by atoms with Crippen LogP contribution in [0.1, 0.15) is 28.9 Å². The maximum Gasteiger partial charge on any atom is 0.274 e. The molecule has 7 heteroatoms. The van der Waals surface area contributed by atoms with E-state index in [2.05, 4.69) is 5.32 Å². The number of nitrogens with zero attached hydrogens (tertiary/aromatic N) is 2. The van der Waals surface area contributed by atoms with Gasteiger partial charge in [-0.3, -0.25) is 9.59 Å². The second kappa shape index (κ2) is 7.74. The zero-order chi connectivity index (χ0) is 21.4. The van der Waals surface area contributed by atoms with E-state index in [1.165, 1.54) is 0 Å². The fourth-order valence-electron chi connectivity index (χ4n) is 4.05.